The van der Waals surface area contributed by atoms with Crippen LogP contribution < -0.4 is 5.32 Å². The molecule has 3 heterocycles. The number of hydrogen-bond acceptors (Lipinski definition) is 6. The molecular weight excluding hydrogens is 324 g/mol. The zero-order valence-electron chi connectivity index (χ0n) is 11.3. The summed E-state index contributed by atoms with van der Waals surface area (Å²) in [4.78, 5) is 6.93. The van der Waals surface area contributed by atoms with E-state index in [1.165, 1.54) is 0 Å². The Balaban J connectivity index is 1.82. The van der Waals surface area contributed by atoms with E-state index < -0.39 is 0 Å². The van der Waals surface area contributed by atoms with Crippen molar-refractivity contribution < 1.29 is 8.94 Å². The van der Waals surface area contributed by atoms with Gasteiger partial charge in [-0.05, 0) is 28.4 Å². The van der Waals surface area contributed by atoms with Crippen LogP contribution >= 0.6 is 15.9 Å². The smallest absolute Gasteiger partial charge is 0.262 e. The first-order valence-corrected chi connectivity index (χ1v) is 7.60. The average Bonchev–Trinajstić information content (AvgIpc) is 3.10. The summed E-state index contributed by atoms with van der Waals surface area (Å²) < 4.78 is 11.2. The van der Waals surface area contributed by atoms with Crippen LogP contribution in [-0.4, -0.2) is 41.2 Å². The Bertz CT molecular complexity index is 562. The minimum Gasteiger partial charge on any atom is -0.457 e. The van der Waals surface area contributed by atoms with Crippen LogP contribution in [0.25, 0.3) is 11.5 Å². The van der Waals surface area contributed by atoms with Crippen molar-refractivity contribution in [2.24, 2.45) is 0 Å². The van der Waals surface area contributed by atoms with Crippen LogP contribution in [0, 0.1) is 0 Å². The Morgan fingerprint density at radius 3 is 2.90 bits per heavy atom. The highest BCUT2D eigenvalue weighted by Gasteiger charge is 2.25. The maximum atomic E-state index is 5.37. The molecule has 0 aliphatic carbocycles. The molecule has 1 aliphatic rings. The van der Waals surface area contributed by atoms with Crippen molar-refractivity contribution in [1.29, 1.82) is 0 Å². The lowest BCUT2D eigenvalue weighted by molar-refractivity contribution is 0.160. The van der Waals surface area contributed by atoms with E-state index in [2.05, 4.69) is 43.2 Å². The van der Waals surface area contributed by atoms with E-state index >= 15 is 0 Å². The van der Waals surface area contributed by atoms with Crippen molar-refractivity contribution in [2.75, 3.05) is 26.2 Å². The number of halogens is 1. The van der Waals surface area contributed by atoms with E-state index in [9.17, 15) is 0 Å². The fourth-order valence-electron chi connectivity index (χ4n) is 2.52. The highest BCUT2D eigenvalue weighted by Crippen LogP contribution is 2.30. The summed E-state index contributed by atoms with van der Waals surface area (Å²) in [6.07, 6.45) is 2.56. The summed E-state index contributed by atoms with van der Waals surface area (Å²) >= 11 is 3.33. The van der Waals surface area contributed by atoms with E-state index in [0.29, 0.717) is 10.6 Å². The van der Waals surface area contributed by atoms with Crippen LogP contribution in [0.1, 0.15) is 25.2 Å². The van der Waals surface area contributed by atoms with Crippen LogP contribution in [-0.2, 0) is 0 Å². The topological polar surface area (TPSA) is 67.3 Å². The first-order chi connectivity index (χ1) is 9.79. The Morgan fingerprint density at radius 1 is 1.45 bits per heavy atom. The first kappa shape index (κ1) is 13.8. The summed E-state index contributed by atoms with van der Waals surface area (Å²) in [5.41, 5.74) is 0.791. The molecule has 0 spiro atoms. The fraction of sp³-hybridized carbons (Fsp3) is 0.538. The molecule has 1 unspecified atom stereocenters. The van der Waals surface area contributed by atoms with Gasteiger partial charge in [-0.3, -0.25) is 4.90 Å². The fourth-order valence-corrected chi connectivity index (χ4v) is 2.93. The number of nitrogens with one attached hydrogen (secondary N) is 1. The van der Waals surface area contributed by atoms with Gasteiger partial charge in [0.05, 0.1) is 17.9 Å². The number of nitrogens with zero attached hydrogens (tertiary/aromatic N) is 3. The summed E-state index contributed by atoms with van der Waals surface area (Å²) in [5, 5.41) is 7.50. The molecule has 1 saturated heterocycles. The molecule has 2 aromatic rings. The normalized spacial score (nSPS) is 18.3. The van der Waals surface area contributed by atoms with E-state index in [1.54, 1.807) is 6.26 Å². The summed E-state index contributed by atoms with van der Waals surface area (Å²) in [6.45, 7) is 6.19. The third kappa shape index (κ3) is 2.65. The van der Waals surface area contributed by atoms with Gasteiger partial charge in [-0.2, -0.15) is 4.98 Å². The molecule has 20 heavy (non-hydrogen) atoms. The van der Waals surface area contributed by atoms with Gasteiger partial charge in [-0.15, -0.1) is 0 Å². The zero-order valence-corrected chi connectivity index (χ0v) is 12.9. The van der Waals surface area contributed by atoms with Crippen molar-refractivity contribution in [3.63, 3.8) is 0 Å². The first-order valence-electron chi connectivity index (χ1n) is 6.81. The molecule has 1 aliphatic heterocycles. The average molecular weight is 341 g/mol. The van der Waals surface area contributed by atoms with Gasteiger partial charge in [0, 0.05) is 26.2 Å². The number of aromatic nitrogens is 2. The standard InChI is InChI=1S/C13H17BrN4O2/c1-2-10(18-6-4-15-5-7-18)12-16-13(20-17-12)9-3-8-19-11(9)14/h3,8,10,15H,2,4-7H2,1H3. The summed E-state index contributed by atoms with van der Waals surface area (Å²) in [7, 11) is 0. The molecule has 108 valence electrons. The summed E-state index contributed by atoms with van der Waals surface area (Å²) in [6, 6.07) is 2.02. The second-order valence-corrected chi connectivity index (χ2v) is 5.50. The molecule has 1 atom stereocenters. The maximum absolute atomic E-state index is 5.37. The molecule has 1 fully saturated rings. The Kier molecular flexibility index (Phi) is 4.18. The Labute approximate surface area is 125 Å². The predicted molar refractivity (Wildman–Crippen MR) is 77.2 cm³/mol. The minimum absolute atomic E-state index is 0.209. The van der Waals surface area contributed by atoms with Crippen LogP contribution in [0.5, 0.6) is 0 Å². The van der Waals surface area contributed by atoms with Gasteiger partial charge in [0.15, 0.2) is 10.5 Å². The number of furan rings is 1. The van der Waals surface area contributed by atoms with Crippen molar-refractivity contribution in [3.8, 4) is 11.5 Å². The van der Waals surface area contributed by atoms with Gasteiger partial charge in [-0.25, -0.2) is 0 Å². The monoisotopic (exact) mass is 340 g/mol. The van der Waals surface area contributed by atoms with Gasteiger partial charge in [0.2, 0.25) is 0 Å². The Morgan fingerprint density at radius 2 is 2.25 bits per heavy atom. The van der Waals surface area contributed by atoms with Crippen molar-refractivity contribution in [3.05, 3.63) is 22.8 Å². The third-order valence-corrected chi connectivity index (χ3v) is 4.18. The lowest BCUT2D eigenvalue weighted by Crippen LogP contribution is -2.45. The molecule has 3 rings (SSSR count). The van der Waals surface area contributed by atoms with Gasteiger partial charge >= 0.3 is 0 Å². The van der Waals surface area contributed by atoms with Crippen molar-refractivity contribution in [1.82, 2.24) is 20.4 Å². The molecule has 7 heteroatoms. The van der Waals surface area contributed by atoms with Crippen LogP contribution in [0.15, 0.2) is 25.9 Å². The maximum Gasteiger partial charge on any atom is 0.262 e. The Hall–Kier alpha value is -1.18. The van der Waals surface area contributed by atoms with Crippen molar-refractivity contribution in [2.45, 2.75) is 19.4 Å². The van der Waals surface area contributed by atoms with Gasteiger partial charge in [-0.1, -0.05) is 12.1 Å². The van der Waals surface area contributed by atoms with Crippen LogP contribution in [0.4, 0.5) is 0 Å². The van der Waals surface area contributed by atoms with Gasteiger partial charge < -0.3 is 14.3 Å². The number of piperazine rings is 1. The van der Waals surface area contributed by atoms with Crippen LogP contribution in [0.3, 0.4) is 0 Å². The molecule has 1 N–H and O–H groups in total. The molecule has 0 amide bonds. The second-order valence-electron chi connectivity index (χ2n) is 4.78. The molecule has 0 aromatic carbocycles. The predicted octanol–water partition coefficient (Wildman–Crippen LogP) is 2.45. The molecule has 0 radical (unpaired) electrons. The molecule has 6 nitrogen and oxygen atoms in total. The van der Waals surface area contributed by atoms with Gasteiger partial charge in [0.1, 0.15) is 0 Å². The van der Waals surface area contributed by atoms with E-state index in [-0.39, 0.29) is 6.04 Å². The lowest BCUT2D eigenvalue weighted by atomic mass is 10.1. The van der Waals surface area contributed by atoms with E-state index in [4.69, 9.17) is 8.94 Å². The molecule has 2 aromatic heterocycles. The number of hydrogen-bond donors (Lipinski definition) is 1. The van der Waals surface area contributed by atoms with Crippen molar-refractivity contribution >= 4 is 15.9 Å². The van der Waals surface area contributed by atoms with E-state index in [1.807, 2.05) is 6.07 Å². The largest absolute Gasteiger partial charge is 0.457 e. The highest BCUT2D eigenvalue weighted by atomic mass is 79.9. The quantitative estimate of drug-likeness (QED) is 0.921. The second kappa shape index (κ2) is 6.07. The lowest BCUT2D eigenvalue weighted by Gasteiger charge is -2.32. The molecule has 0 saturated carbocycles. The number of rotatable bonds is 4. The minimum atomic E-state index is 0.209. The molecular formula is C13H17BrN4O2. The zero-order chi connectivity index (χ0) is 13.9. The van der Waals surface area contributed by atoms with Crippen LogP contribution in [0.2, 0.25) is 0 Å². The van der Waals surface area contributed by atoms with E-state index in [0.717, 1.165) is 44.0 Å². The molecule has 0 bridgehead atoms. The SMILES string of the molecule is CCC(c1noc(-c2ccoc2Br)n1)N1CCNCC1. The third-order valence-electron chi connectivity index (χ3n) is 3.57. The van der Waals surface area contributed by atoms with Gasteiger partial charge in [0.25, 0.3) is 5.89 Å². The highest BCUT2D eigenvalue weighted by molar-refractivity contribution is 9.10. The summed E-state index contributed by atoms with van der Waals surface area (Å²) in [5.74, 6) is 1.24.